The number of benzene rings is 1. The minimum Gasteiger partial charge on any atom is -0.423 e. The molecule has 146 valence electrons. The van der Waals surface area contributed by atoms with Crippen molar-refractivity contribution < 1.29 is 9.68 Å². The largest absolute Gasteiger partial charge is 0.491 e. The molecular weight excluding hydrogens is 371 g/mol. The van der Waals surface area contributed by atoms with Crippen molar-refractivity contribution in [2.24, 2.45) is 11.0 Å². The van der Waals surface area contributed by atoms with E-state index in [9.17, 15) is 9.82 Å². The topological polar surface area (TPSA) is 109 Å². The molecule has 3 aromatic rings. The number of rotatable bonds is 4. The van der Waals surface area contributed by atoms with Crippen molar-refractivity contribution in [2.75, 3.05) is 12.1 Å². The van der Waals surface area contributed by atoms with E-state index in [2.05, 4.69) is 20.1 Å². The molecule has 0 saturated heterocycles. The minimum absolute atomic E-state index is 0.0511. The number of fused-ring (bicyclic) bond motifs is 2. The molecule has 7 rings (SSSR count). The summed E-state index contributed by atoms with van der Waals surface area (Å²) in [5.41, 5.74) is 3.70. The van der Waals surface area contributed by atoms with Crippen molar-refractivity contribution in [3.63, 3.8) is 0 Å². The van der Waals surface area contributed by atoms with Crippen molar-refractivity contribution in [1.29, 1.82) is 0 Å². The molecule has 29 heavy (non-hydrogen) atoms. The molecule has 10 heteroatoms. The van der Waals surface area contributed by atoms with Crippen LogP contribution in [0.4, 0.5) is 5.82 Å². The van der Waals surface area contributed by atoms with E-state index in [0.29, 0.717) is 23.6 Å². The van der Waals surface area contributed by atoms with Crippen LogP contribution in [-0.4, -0.2) is 44.9 Å². The van der Waals surface area contributed by atoms with E-state index < -0.39 is 7.12 Å². The Labute approximate surface area is 166 Å². The lowest BCUT2D eigenvalue weighted by Gasteiger charge is -2.61. The first-order valence-corrected chi connectivity index (χ1v) is 9.70. The van der Waals surface area contributed by atoms with Gasteiger partial charge in [0, 0.05) is 7.05 Å². The molecule has 0 radical (unpaired) electrons. The van der Waals surface area contributed by atoms with Crippen molar-refractivity contribution in [3.05, 3.63) is 46.1 Å². The van der Waals surface area contributed by atoms with Crippen LogP contribution in [0, 0.1) is 5.92 Å². The van der Waals surface area contributed by atoms with Gasteiger partial charge in [-0.3, -0.25) is 4.57 Å². The van der Waals surface area contributed by atoms with Gasteiger partial charge in [-0.15, -0.1) is 0 Å². The van der Waals surface area contributed by atoms with Crippen molar-refractivity contribution in [1.82, 2.24) is 19.5 Å². The minimum atomic E-state index is -0.852. The van der Waals surface area contributed by atoms with E-state index in [-0.39, 0.29) is 11.2 Å². The van der Waals surface area contributed by atoms with Crippen LogP contribution in [0.2, 0.25) is 0 Å². The van der Waals surface area contributed by atoms with Gasteiger partial charge in [0.05, 0.1) is 18.4 Å². The number of anilines is 1. The highest BCUT2D eigenvalue weighted by Crippen LogP contribution is 2.62. The van der Waals surface area contributed by atoms with Crippen molar-refractivity contribution in [2.45, 2.75) is 31.4 Å². The van der Waals surface area contributed by atoms with E-state index in [4.69, 9.17) is 4.65 Å². The second-order valence-corrected chi connectivity index (χ2v) is 8.25. The van der Waals surface area contributed by atoms with Crippen LogP contribution in [0.1, 0.15) is 30.4 Å². The van der Waals surface area contributed by atoms with E-state index in [1.165, 1.54) is 6.33 Å². The van der Waals surface area contributed by atoms with Crippen molar-refractivity contribution in [3.8, 4) is 0 Å². The SMILES string of the molecule is CN(/N=C/c1ccc2c(c1)COB2O)c1ncnc2c1[nH]c(=O)n2C12CC(C1)C2. The molecule has 3 heterocycles. The predicted molar refractivity (Wildman–Crippen MR) is 108 cm³/mol. The highest BCUT2D eigenvalue weighted by Gasteiger charge is 2.59. The number of hydrogen-bond acceptors (Lipinski definition) is 7. The molecule has 3 saturated carbocycles. The molecule has 0 unspecified atom stereocenters. The van der Waals surface area contributed by atoms with Crippen LogP contribution >= 0.6 is 0 Å². The van der Waals surface area contributed by atoms with Gasteiger partial charge in [0.25, 0.3) is 0 Å². The number of hydrogen-bond donors (Lipinski definition) is 2. The van der Waals surface area contributed by atoms with Gasteiger partial charge < -0.3 is 14.7 Å². The van der Waals surface area contributed by atoms with Crippen LogP contribution in [0.15, 0.2) is 34.4 Å². The maximum Gasteiger partial charge on any atom is 0.491 e. The molecule has 2 bridgehead atoms. The summed E-state index contributed by atoms with van der Waals surface area (Å²) in [7, 11) is 0.935. The lowest BCUT2D eigenvalue weighted by molar-refractivity contribution is -0.0884. The Bertz CT molecular complexity index is 1220. The highest BCUT2D eigenvalue weighted by atomic mass is 16.5. The number of H-pyrrole nitrogens is 1. The Morgan fingerprint density at radius 3 is 3.00 bits per heavy atom. The van der Waals surface area contributed by atoms with E-state index in [1.54, 1.807) is 18.3 Å². The van der Waals surface area contributed by atoms with Crippen molar-refractivity contribution >= 4 is 35.8 Å². The Kier molecular flexibility index (Phi) is 3.37. The quantitative estimate of drug-likeness (QED) is 0.377. The smallest absolute Gasteiger partial charge is 0.423 e. The van der Waals surface area contributed by atoms with E-state index in [0.717, 1.165) is 41.8 Å². The Morgan fingerprint density at radius 2 is 2.24 bits per heavy atom. The molecule has 0 spiro atoms. The average Bonchev–Trinajstić information content (AvgIpc) is 3.17. The number of imidazole rings is 1. The number of hydrazone groups is 1. The first kappa shape index (κ1) is 16.9. The number of aromatic nitrogens is 4. The summed E-state index contributed by atoms with van der Waals surface area (Å²) in [6, 6.07) is 5.67. The molecular formula is C19H19BN6O3. The summed E-state index contributed by atoms with van der Waals surface area (Å²) >= 11 is 0. The molecule has 9 nitrogen and oxygen atoms in total. The summed E-state index contributed by atoms with van der Waals surface area (Å²) in [5.74, 6) is 1.31. The fourth-order valence-electron chi connectivity index (χ4n) is 4.84. The van der Waals surface area contributed by atoms with E-state index in [1.807, 2.05) is 22.8 Å². The van der Waals surface area contributed by atoms with Gasteiger partial charge in [-0.2, -0.15) is 5.10 Å². The Morgan fingerprint density at radius 1 is 1.41 bits per heavy atom. The Hall–Kier alpha value is -2.98. The lowest BCUT2D eigenvalue weighted by atomic mass is 9.49. The van der Waals surface area contributed by atoms with Crippen LogP contribution in [0.25, 0.3) is 11.2 Å². The average molecular weight is 390 g/mol. The van der Waals surface area contributed by atoms with Gasteiger partial charge in [0.1, 0.15) is 11.8 Å². The number of nitrogens with one attached hydrogen (secondary N) is 1. The standard InChI is InChI=1S/C19H19BN6O3/c1-25(23-8-11-2-3-14-13(4-11)9-29-20(14)28)16-15-17(22-10-21-16)26(18(27)24-15)19-5-12(6-19)7-19/h2-4,8,10,12,28H,5-7,9H2,1H3,(H,24,27)/b23-8+. The second-order valence-electron chi connectivity index (χ2n) is 8.25. The first-order valence-electron chi connectivity index (χ1n) is 9.70. The molecule has 3 aliphatic carbocycles. The van der Waals surface area contributed by atoms with Crippen LogP contribution in [-0.2, 0) is 16.8 Å². The molecule has 0 atom stereocenters. The fourth-order valence-corrected chi connectivity index (χ4v) is 4.84. The molecule has 0 amide bonds. The third kappa shape index (κ3) is 2.36. The van der Waals surface area contributed by atoms with Gasteiger partial charge in [-0.05, 0) is 47.8 Å². The molecule has 3 fully saturated rings. The van der Waals surface area contributed by atoms with Crippen LogP contribution in [0.3, 0.4) is 0 Å². The number of aromatic amines is 1. The van der Waals surface area contributed by atoms with Gasteiger partial charge in [-0.25, -0.2) is 19.8 Å². The second kappa shape index (κ2) is 5.77. The van der Waals surface area contributed by atoms with Gasteiger partial charge in [-0.1, -0.05) is 12.1 Å². The summed E-state index contributed by atoms with van der Waals surface area (Å²) in [5, 5.41) is 15.9. The van der Waals surface area contributed by atoms with Gasteiger partial charge in [0.2, 0.25) is 0 Å². The third-order valence-corrected chi connectivity index (χ3v) is 6.45. The number of nitrogens with zero attached hydrogens (tertiary/aromatic N) is 5. The van der Waals surface area contributed by atoms with Gasteiger partial charge in [0.15, 0.2) is 11.5 Å². The Balaban J connectivity index is 1.33. The maximum atomic E-state index is 12.6. The van der Waals surface area contributed by atoms with Crippen LogP contribution < -0.4 is 16.2 Å². The molecule has 1 aliphatic heterocycles. The monoisotopic (exact) mass is 390 g/mol. The molecule has 4 aliphatic rings. The summed E-state index contributed by atoms with van der Waals surface area (Å²) < 4.78 is 7.04. The predicted octanol–water partition coefficient (Wildman–Crippen LogP) is 0.317. The summed E-state index contributed by atoms with van der Waals surface area (Å²) in [6.45, 7) is 0.387. The summed E-state index contributed by atoms with van der Waals surface area (Å²) in [6.07, 6.45) is 6.37. The molecule has 2 aromatic heterocycles. The zero-order valence-electron chi connectivity index (χ0n) is 15.9. The first-order chi connectivity index (χ1) is 14.0. The van der Waals surface area contributed by atoms with Gasteiger partial charge >= 0.3 is 12.8 Å². The van der Waals surface area contributed by atoms with Crippen LogP contribution in [0.5, 0.6) is 0 Å². The molecule has 1 aromatic carbocycles. The fraction of sp³-hybridized carbons (Fsp3) is 0.368. The third-order valence-electron chi connectivity index (χ3n) is 6.45. The zero-order valence-corrected chi connectivity index (χ0v) is 15.9. The van der Waals surface area contributed by atoms with E-state index >= 15 is 0 Å². The normalized spacial score (nSPS) is 24.6. The zero-order chi connectivity index (χ0) is 19.8. The lowest BCUT2D eigenvalue weighted by Crippen LogP contribution is -2.61. The summed E-state index contributed by atoms with van der Waals surface area (Å²) in [4.78, 5) is 24.3. The maximum absolute atomic E-state index is 12.6. The highest BCUT2D eigenvalue weighted by molar-refractivity contribution is 6.61. The molecule has 2 N–H and O–H groups in total.